The molecule has 0 aliphatic heterocycles. The van der Waals surface area contributed by atoms with E-state index in [1.807, 2.05) is 0 Å². The smallest absolute Gasteiger partial charge is 0.159 e. The largest absolute Gasteiger partial charge is 0.387 e. The molecule has 0 radical (unpaired) electrons. The lowest BCUT2D eigenvalue weighted by Crippen LogP contribution is -2.30. The molecular weight excluding hydrogens is 236 g/mol. The lowest BCUT2D eigenvalue weighted by Gasteiger charge is -2.24. The molecule has 1 aromatic rings. The molecule has 1 atom stereocenters. The Kier molecular flexibility index (Phi) is 6.22. The van der Waals surface area contributed by atoms with E-state index in [1.165, 1.54) is 6.07 Å². The van der Waals surface area contributed by atoms with Crippen LogP contribution < -0.4 is 0 Å². The molecule has 0 fully saturated rings. The molecular formula is C14H21F2NO. The Hall–Kier alpha value is -1.00. The summed E-state index contributed by atoms with van der Waals surface area (Å²) < 4.78 is 25.9. The van der Waals surface area contributed by atoms with Gasteiger partial charge < -0.3 is 10.0 Å². The Labute approximate surface area is 107 Å². The summed E-state index contributed by atoms with van der Waals surface area (Å²) in [6.45, 7) is 6.40. The van der Waals surface area contributed by atoms with Gasteiger partial charge in [0.2, 0.25) is 0 Å². The standard InChI is InChI=1S/C14H21F2NO/c1-3-7-17(8-4-2)10-14(18)11-5-6-12(15)13(16)9-11/h5-6,9,14,18H,3-4,7-8,10H2,1-2H3. The van der Waals surface area contributed by atoms with Crippen LogP contribution in [-0.2, 0) is 0 Å². The van der Waals surface area contributed by atoms with Crippen LogP contribution in [0.15, 0.2) is 18.2 Å². The fraction of sp³-hybridized carbons (Fsp3) is 0.571. The van der Waals surface area contributed by atoms with Crippen LogP contribution in [-0.4, -0.2) is 29.6 Å². The Morgan fingerprint density at radius 3 is 2.22 bits per heavy atom. The minimum atomic E-state index is -0.913. The third kappa shape index (κ3) is 4.35. The molecule has 1 unspecified atom stereocenters. The maximum Gasteiger partial charge on any atom is 0.159 e. The quantitative estimate of drug-likeness (QED) is 0.811. The molecule has 0 spiro atoms. The zero-order valence-corrected chi connectivity index (χ0v) is 11.0. The van der Waals surface area contributed by atoms with Gasteiger partial charge >= 0.3 is 0 Å². The van der Waals surface area contributed by atoms with Gasteiger partial charge in [0.1, 0.15) is 0 Å². The van der Waals surface area contributed by atoms with Crippen LogP contribution in [0.25, 0.3) is 0 Å². The first-order chi connectivity index (χ1) is 8.58. The average molecular weight is 257 g/mol. The van der Waals surface area contributed by atoms with Crippen LogP contribution >= 0.6 is 0 Å². The van der Waals surface area contributed by atoms with Crippen molar-refractivity contribution in [1.82, 2.24) is 4.90 Å². The number of rotatable bonds is 7. The zero-order chi connectivity index (χ0) is 13.5. The van der Waals surface area contributed by atoms with E-state index < -0.39 is 17.7 Å². The summed E-state index contributed by atoms with van der Waals surface area (Å²) >= 11 is 0. The molecule has 18 heavy (non-hydrogen) atoms. The van der Waals surface area contributed by atoms with Crippen LogP contribution in [0.4, 0.5) is 8.78 Å². The van der Waals surface area contributed by atoms with Crippen molar-refractivity contribution in [1.29, 1.82) is 0 Å². The molecule has 0 saturated carbocycles. The summed E-state index contributed by atoms with van der Waals surface area (Å²) in [5.74, 6) is -1.80. The first kappa shape index (κ1) is 15.1. The van der Waals surface area contributed by atoms with E-state index in [4.69, 9.17) is 0 Å². The van der Waals surface area contributed by atoms with Gasteiger partial charge in [0.25, 0.3) is 0 Å². The van der Waals surface area contributed by atoms with Crippen molar-refractivity contribution in [2.24, 2.45) is 0 Å². The number of aliphatic hydroxyl groups is 1. The van der Waals surface area contributed by atoms with Gasteiger partial charge in [-0.1, -0.05) is 19.9 Å². The van der Waals surface area contributed by atoms with E-state index in [0.717, 1.165) is 38.1 Å². The SMILES string of the molecule is CCCN(CCC)CC(O)c1ccc(F)c(F)c1. The molecule has 0 aliphatic carbocycles. The molecule has 0 amide bonds. The van der Waals surface area contributed by atoms with Gasteiger partial charge in [-0.05, 0) is 43.6 Å². The van der Waals surface area contributed by atoms with Crippen LogP contribution in [0, 0.1) is 11.6 Å². The van der Waals surface area contributed by atoms with Gasteiger partial charge in [-0.15, -0.1) is 0 Å². The van der Waals surface area contributed by atoms with Crippen molar-refractivity contribution in [3.05, 3.63) is 35.4 Å². The molecule has 102 valence electrons. The van der Waals surface area contributed by atoms with E-state index >= 15 is 0 Å². The van der Waals surface area contributed by atoms with Gasteiger partial charge in [0.05, 0.1) is 6.10 Å². The van der Waals surface area contributed by atoms with Crippen molar-refractivity contribution in [2.75, 3.05) is 19.6 Å². The molecule has 0 saturated heterocycles. The van der Waals surface area contributed by atoms with Gasteiger partial charge in [0.15, 0.2) is 11.6 Å². The predicted octanol–water partition coefficient (Wildman–Crippen LogP) is 3.12. The van der Waals surface area contributed by atoms with E-state index in [-0.39, 0.29) is 0 Å². The maximum absolute atomic E-state index is 13.1. The maximum atomic E-state index is 13.1. The Balaban J connectivity index is 2.67. The topological polar surface area (TPSA) is 23.5 Å². The third-order valence-electron chi connectivity index (χ3n) is 2.84. The second-order valence-corrected chi connectivity index (χ2v) is 4.49. The summed E-state index contributed by atoms with van der Waals surface area (Å²) in [6.07, 6.45) is 1.23. The number of aliphatic hydroxyl groups excluding tert-OH is 1. The highest BCUT2D eigenvalue weighted by Gasteiger charge is 2.14. The highest BCUT2D eigenvalue weighted by Crippen LogP contribution is 2.17. The normalized spacial score (nSPS) is 13.0. The minimum absolute atomic E-state index is 0.422. The van der Waals surface area contributed by atoms with Gasteiger partial charge in [-0.25, -0.2) is 8.78 Å². The van der Waals surface area contributed by atoms with Crippen LogP contribution in [0.2, 0.25) is 0 Å². The van der Waals surface area contributed by atoms with Crippen LogP contribution in [0.5, 0.6) is 0 Å². The summed E-state index contributed by atoms with van der Waals surface area (Å²) in [6, 6.07) is 3.55. The fourth-order valence-corrected chi connectivity index (χ4v) is 2.00. The first-order valence-electron chi connectivity index (χ1n) is 6.43. The number of nitrogens with zero attached hydrogens (tertiary/aromatic N) is 1. The van der Waals surface area contributed by atoms with Crippen molar-refractivity contribution >= 4 is 0 Å². The molecule has 0 heterocycles. The number of halogens is 2. The molecule has 2 nitrogen and oxygen atoms in total. The van der Waals surface area contributed by atoms with Gasteiger partial charge in [-0.2, -0.15) is 0 Å². The van der Waals surface area contributed by atoms with Crippen molar-refractivity contribution in [2.45, 2.75) is 32.8 Å². The van der Waals surface area contributed by atoms with Crippen molar-refractivity contribution in [3.63, 3.8) is 0 Å². The van der Waals surface area contributed by atoms with E-state index in [0.29, 0.717) is 12.1 Å². The number of hydrogen-bond acceptors (Lipinski definition) is 2. The van der Waals surface area contributed by atoms with E-state index in [9.17, 15) is 13.9 Å². The Morgan fingerprint density at radius 2 is 1.72 bits per heavy atom. The van der Waals surface area contributed by atoms with Crippen molar-refractivity contribution in [3.8, 4) is 0 Å². The molecule has 1 aromatic carbocycles. The lowest BCUT2D eigenvalue weighted by atomic mass is 10.1. The second-order valence-electron chi connectivity index (χ2n) is 4.49. The first-order valence-corrected chi connectivity index (χ1v) is 6.43. The van der Waals surface area contributed by atoms with Gasteiger partial charge in [0, 0.05) is 6.54 Å². The van der Waals surface area contributed by atoms with Crippen molar-refractivity contribution < 1.29 is 13.9 Å². The van der Waals surface area contributed by atoms with Gasteiger partial charge in [-0.3, -0.25) is 0 Å². The molecule has 1 rings (SSSR count). The summed E-state index contributed by atoms with van der Waals surface area (Å²) in [7, 11) is 0. The Bertz CT molecular complexity index is 365. The molecule has 4 heteroatoms. The van der Waals surface area contributed by atoms with Crippen LogP contribution in [0.1, 0.15) is 38.4 Å². The molecule has 1 N–H and O–H groups in total. The van der Waals surface area contributed by atoms with E-state index in [1.54, 1.807) is 0 Å². The molecule has 0 aromatic heterocycles. The van der Waals surface area contributed by atoms with Crippen LogP contribution in [0.3, 0.4) is 0 Å². The fourth-order valence-electron chi connectivity index (χ4n) is 2.00. The highest BCUT2D eigenvalue weighted by atomic mass is 19.2. The lowest BCUT2D eigenvalue weighted by molar-refractivity contribution is 0.112. The minimum Gasteiger partial charge on any atom is -0.387 e. The zero-order valence-electron chi connectivity index (χ0n) is 11.0. The number of benzene rings is 1. The molecule has 0 bridgehead atoms. The second kappa shape index (κ2) is 7.44. The summed E-state index contributed by atoms with van der Waals surface area (Å²) in [5, 5.41) is 10.0. The summed E-state index contributed by atoms with van der Waals surface area (Å²) in [5.41, 5.74) is 0.422. The predicted molar refractivity (Wildman–Crippen MR) is 68.3 cm³/mol. The monoisotopic (exact) mass is 257 g/mol. The third-order valence-corrected chi connectivity index (χ3v) is 2.84. The highest BCUT2D eigenvalue weighted by molar-refractivity contribution is 5.20. The number of hydrogen-bond donors (Lipinski definition) is 1. The van der Waals surface area contributed by atoms with E-state index in [2.05, 4.69) is 18.7 Å². The summed E-state index contributed by atoms with van der Waals surface area (Å²) in [4.78, 5) is 2.13. The average Bonchev–Trinajstić information content (AvgIpc) is 2.33. The molecule has 0 aliphatic rings. The Morgan fingerprint density at radius 1 is 1.11 bits per heavy atom.